The van der Waals surface area contributed by atoms with Crippen molar-refractivity contribution in [2.24, 2.45) is 0 Å². The van der Waals surface area contributed by atoms with Gasteiger partial charge in [0.2, 0.25) is 5.95 Å². The maximum absolute atomic E-state index is 10.0. The van der Waals surface area contributed by atoms with Crippen LogP contribution in [0.1, 0.15) is 17.2 Å². The Kier molecular flexibility index (Phi) is 4.12. The van der Waals surface area contributed by atoms with Crippen LogP contribution in [0.4, 0.5) is 5.95 Å². The molecule has 0 aliphatic rings. The van der Waals surface area contributed by atoms with Gasteiger partial charge in [-0.2, -0.15) is 0 Å². The SMILES string of the molecule is Cc1cnc(NCC(O)c2ccccc2Cl)nc1. The molecule has 1 atom stereocenters. The predicted molar refractivity (Wildman–Crippen MR) is 71.7 cm³/mol. The van der Waals surface area contributed by atoms with Crippen molar-refractivity contribution in [1.29, 1.82) is 0 Å². The summed E-state index contributed by atoms with van der Waals surface area (Å²) in [6.45, 7) is 2.23. The van der Waals surface area contributed by atoms with Gasteiger partial charge in [0.1, 0.15) is 0 Å². The number of aliphatic hydroxyl groups excluding tert-OH is 1. The molecular formula is C13H14ClN3O. The molecule has 94 valence electrons. The number of anilines is 1. The van der Waals surface area contributed by atoms with E-state index in [1.807, 2.05) is 19.1 Å². The fourth-order valence-corrected chi connectivity index (χ4v) is 1.79. The van der Waals surface area contributed by atoms with E-state index < -0.39 is 6.10 Å². The molecule has 0 spiro atoms. The van der Waals surface area contributed by atoms with Crippen LogP contribution in [0.25, 0.3) is 0 Å². The standard InChI is InChI=1S/C13H14ClN3O/c1-9-6-15-13(16-7-9)17-8-12(18)10-4-2-3-5-11(10)14/h2-7,12,18H,8H2,1H3,(H,15,16,17). The largest absolute Gasteiger partial charge is 0.387 e. The average Bonchev–Trinajstić information content (AvgIpc) is 2.38. The average molecular weight is 264 g/mol. The Bertz CT molecular complexity index is 516. The van der Waals surface area contributed by atoms with E-state index in [0.717, 1.165) is 5.56 Å². The van der Waals surface area contributed by atoms with Crippen LogP contribution in [0, 0.1) is 6.92 Å². The Hall–Kier alpha value is -1.65. The van der Waals surface area contributed by atoms with Crippen molar-refractivity contribution in [2.45, 2.75) is 13.0 Å². The lowest BCUT2D eigenvalue weighted by atomic mass is 10.1. The first-order valence-corrected chi connectivity index (χ1v) is 5.99. The van der Waals surface area contributed by atoms with Crippen LogP contribution >= 0.6 is 11.6 Å². The van der Waals surface area contributed by atoms with Gasteiger partial charge in [0, 0.05) is 29.5 Å². The predicted octanol–water partition coefficient (Wildman–Crippen LogP) is 2.58. The highest BCUT2D eigenvalue weighted by atomic mass is 35.5. The zero-order valence-electron chi connectivity index (χ0n) is 9.97. The fourth-order valence-electron chi connectivity index (χ4n) is 1.53. The number of aryl methyl sites for hydroxylation is 1. The Morgan fingerprint density at radius 2 is 1.94 bits per heavy atom. The molecule has 0 radical (unpaired) electrons. The van der Waals surface area contributed by atoms with Crippen LogP contribution in [0.3, 0.4) is 0 Å². The van der Waals surface area contributed by atoms with Crippen LogP contribution in [0.2, 0.25) is 5.02 Å². The van der Waals surface area contributed by atoms with Gasteiger partial charge in [0.15, 0.2) is 0 Å². The maximum Gasteiger partial charge on any atom is 0.222 e. The Morgan fingerprint density at radius 3 is 2.61 bits per heavy atom. The summed E-state index contributed by atoms with van der Waals surface area (Å²) in [4.78, 5) is 8.20. The lowest BCUT2D eigenvalue weighted by molar-refractivity contribution is 0.191. The second kappa shape index (κ2) is 5.80. The summed E-state index contributed by atoms with van der Waals surface area (Å²) >= 11 is 6.00. The number of hydrogen-bond acceptors (Lipinski definition) is 4. The summed E-state index contributed by atoms with van der Waals surface area (Å²) in [6, 6.07) is 7.22. The zero-order valence-corrected chi connectivity index (χ0v) is 10.7. The zero-order chi connectivity index (χ0) is 13.0. The van der Waals surface area contributed by atoms with Crippen molar-refractivity contribution >= 4 is 17.5 Å². The number of benzene rings is 1. The van der Waals surface area contributed by atoms with Crippen molar-refractivity contribution < 1.29 is 5.11 Å². The van der Waals surface area contributed by atoms with Gasteiger partial charge in [-0.25, -0.2) is 9.97 Å². The molecule has 5 heteroatoms. The van der Waals surface area contributed by atoms with Gasteiger partial charge in [-0.15, -0.1) is 0 Å². The van der Waals surface area contributed by atoms with E-state index in [9.17, 15) is 5.11 Å². The van der Waals surface area contributed by atoms with Gasteiger partial charge >= 0.3 is 0 Å². The van der Waals surface area contributed by atoms with Crippen LogP contribution < -0.4 is 5.32 Å². The smallest absolute Gasteiger partial charge is 0.222 e. The number of nitrogens with zero attached hydrogens (tertiary/aromatic N) is 2. The highest BCUT2D eigenvalue weighted by Gasteiger charge is 2.10. The first-order valence-electron chi connectivity index (χ1n) is 5.62. The van der Waals surface area contributed by atoms with E-state index in [0.29, 0.717) is 23.1 Å². The van der Waals surface area contributed by atoms with Crippen molar-refractivity contribution in [3.05, 3.63) is 52.8 Å². The molecule has 1 unspecified atom stereocenters. The lowest BCUT2D eigenvalue weighted by Crippen LogP contribution is -2.14. The minimum absolute atomic E-state index is 0.312. The van der Waals surface area contributed by atoms with Crippen molar-refractivity contribution in [3.8, 4) is 0 Å². The third-order valence-electron chi connectivity index (χ3n) is 2.50. The quantitative estimate of drug-likeness (QED) is 0.890. The van der Waals surface area contributed by atoms with Crippen molar-refractivity contribution in [1.82, 2.24) is 9.97 Å². The fraction of sp³-hybridized carbons (Fsp3) is 0.231. The number of hydrogen-bond donors (Lipinski definition) is 2. The molecule has 4 nitrogen and oxygen atoms in total. The Balaban J connectivity index is 1.98. The van der Waals surface area contributed by atoms with Gasteiger partial charge in [0.25, 0.3) is 0 Å². The topological polar surface area (TPSA) is 58.0 Å². The molecule has 2 N–H and O–H groups in total. The molecule has 0 saturated carbocycles. The normalized spacial score (nSPS) is 12.2. The molecule has 18 heavy (non-hydrogen) atoms. The van der Waals surface area contributed by atoms with Crippen LogP contribution in [0.15, 0.2) is 36.7 Å². The minimum atomic E-state index is -0.691. The Morgan fingerprint density at radius 1 is 1.28 bits per heavy atom. The highest BCUT2D eigenvalue weighted by Crippen LogP contribution is 2.22. The summed E-state index contributed by atoms with van der Waals surface area (Å²) in [5.74, 6) is 0.492. The summed E-state index contributed by atoms with van der Waals surface area (Å²) in [5.41, 5.74) is 1.69. The first kappa shape index (κ1) is 12.8. The molecule has 2 rings (SSSR count). The first-order chi connectivity index (χ1) is 8.66. The monoisotopic (exact) mass is 263 g/mol. The van der Waals surface area contributed by atoms with E-state index in [-0.39, 0.29) is 0 Å². The summed E-state index contributed by atoms with van der Waals surface area (Å²) in [7, 11) is 0. The minimum Gasteiger partial charge on any atom is -0.387 e. The molecule has 0 saturated heterocycles. The van der Waals surface area contributed by atoms with Crippen LogP contribution in [-0.4, -0.2) is 21.6 Å². The summed E-state index contributed by atoms with van der Waals surface area (Å²) in [6.07, 6.45) is 2.75. The summed E-state index contributed by atoms with van der Waals surface area (Å²) < 4.78 is 0. The van der Waals surface area contributed by atoms with Crippen LogP contribution in [-0.2, 0) is 0 Å². The number of aliphatic hydroxyl groups is 1. The van der Waals surface area contributed by atoms with Crippen molar-refractivity contribution in [3.63, 3.8) is 0 Å². The van der Waals surface area contributed by atoms with Crippen molar-refractivity contribution in [2.75, 3.05) is 11.9 Å². The molecule has 0 aliphatic heterocycles. The number of halogens is 1. The second-order valence-electron chi connectivity index (χ2n) is 4.00. The number of rotatable bonds is 4. The number of aromatic nitrogens is 2. The van der Waals surface area contributed by atoms with E-state index in [2.05, 4.69) is 15.3 Å². The highest BCUT2D eigenvalue weighted by molar-refractivity contribution is 6.31. The van der Waals surface area contributed by atoms with Gasteiger partial charge in [-0.1, -0.05) is 29.8 Å². The van der Waals surface area contributed by atoms with Gasteiger partial charge < -0.3 is 10.4 Å². The van der Waals surface area contributed by atoms with E-state index in [1.165, 1.54) is 0 Å². The molecule has 1 aromatic heterocycles. The lowest BCUT2D eigenvalue weighted by Gasteiger charge is -2.13. The van der Waals surface area contributed by atoms with E-state index in [1.54, 1.807) is 24.5 Å². The molecular weight excluding hydrogens is 250 g/mol. The van der Waals surface area contributed by atoms with E-state index in [4.69, 9.17) is 11.6 Å². The Labute approximate surface area is 111 Å². The molecule has 0 fully saturated rings. The van der Waals surface area contributed by atoms with Gasteiger partial charge in [0.05, 0.1) is 6.10 Å². The maximum atomic E-state index is 10.0. The molecule has 2 aromatic rings. The van der Waals surface area contributed by atoms with Crippen LogP contribution in [0.5, 0.6) is 0 Å². The van der Waals surface area contributed by atoms with E-state index >= 15 is 0 Å². The molecule has 0 aliphatic carbocycles. The molecule has 1 heterocycles. The summed E-state index contributed by atoms with van der Waals surface area (Å²) in [5, 5.41) is 13.5. The molecule has 0 amide bonds. The van der Waals surface area contributed by atoms with Gasteiger partial charge in [-0.3, -0.25) is 0 Å². The third kappa shape index (κ3) is 3.18. The van der Waals surface area contributed by atoms with Gasteiger partial charge in [-0.05, 0) is 18.6 Å². The molecule has 0 bridgehead atoms. The third-order valence-corrected chi connectivity index (χ3v) is 2.84. The molecule has 1 aromatic carbocycles. The second-order valence-corrected chi connectivity index (χ2v) is 4.41. The number of nitrogens with one attached hydrogen (secondary N) is 1.